The predicted molar refractivity (Wildman–Crippen MR) is 147 cm³/mol. The topological polar surface area (TPSA) is 76.0 Å². The summed E-state index contributed by atoms with van der Waals surface area (Å²) in [5, 5.41) is 22.0. The monoisotopic (exact) mass is 518 g/mol. The minimum atomic E-state index is -0.644. The Labute approximate surface area is 225 Å². The number of ether oxygens (including phenoxy) is 2. The fraction of sp³-hybridized carbons (Fsp3) is 0.906. The van der Waals surface area contributed by atoms with Gasteiger partial charge in [0, 0.05) is 5.41 Å². The zero-order chi connectivity index (χ0) is 27.6. The molecular formula is C32H54O5. The molecule has 212 valence electrons. The number of carbonyl (C=O) groups is 1. The number of hydrogen-bond acceptors (Lipinski definition) is 5. The largest absolute Gasteiger partial charge is 0.508 e. The fourth-order valence-corrected chi connectivity index (χ4v) is 10.4. The minimum absolute atomic E-state index is 0.100. The molecule has 4 aliphatic carbocycles. The van der Waals surface area contributed by atoms with E-state index < -0.39 is 11.8 Å². The van der Waals surface area contributed by atoms with Gasteiger partial charge >= 0.3 is 6.16 Å². The van der Waals surface area contributed by atoms with Gasteiger partial charge in [0.05, 0.1) is 18.8 Å². The number of aliphatic hydroxyl groups is 2. The van der Waals surface area contributed by atoms with E-state index in [1.54, 1.807) is 0 Å². The average Bonchev–Trinajstić information content (AvgIpc) is 3.16. The summed E-state index contributed by atoms with van der Waals surface area (Å²) in [6.45, 7) is 18.1. The van der Waals surface area contributed by atoms with Gasteiger partial charge in [0.1, 0.15) is 6.10 Å². The Morgan fingerprint density at radius 3 is 2.27 bits per heavy atom. The van der Waals surface area contributed by atoms with Crippen LogP contribution in [-0.4, -0.2) is 41.3 Å². The van der Waals surface area contributed by atoms with Crippen molar-refractivity contribution in [2.45, 2.75) is 131 Å². The Balaban J connectivity index is 1.61. The number of hydrogen-bond donors (Lipinski definition) is 2. The van der Waals surface area contributed by atoms with E-state index in [2.05, 4.69) is 47.6 Å². The second kappa shape index (κ2) is 9.54. The average molecular weight is 519 g/mol. The van der Waals surface area contributed by atoms with E-state index in [4.69, 9.17) is 9.47 Å². The van der Waals surface area contributed by atoms with E-state index >= 15 is 0 Å². The van der Waals surface area contributed by atoms with Crippen LogP contribution >= 0.6 is 0 Å². The standard InChI is InChI=1S/C32H54O5/c1-20(11-10-15-28(2,3)35)21-12-17-32(8)26(21)22(33)19-24-30(6)16-14-25(37-27(34)36-9)29(4,5)23(30)13-18-31(24,32)7/h11,21-26,33,35H,10,12-19H2,1-9H3/b20-11+/t21-,22-,23+,24-,25+,26+,30+,31-,32-/m1/s1. The van der Waals surface area contributed by atoms with Crippen LogP contribution in [-0.2, 0) is 9.47 Å². The van der Waals surface area contributed by atoms with Gasteiger partial charge in [-0.25, -0.2) is 4.79 Å². The van der Waals surface area contributed by atoms with E-state index in [1.165, 1.54) is 25.5 Å². The Morgan fingerprint density at radius 1 is 1.00 bits per heavy atom. The molecule has 5 nitrogen and oxygen atoms in total. The van der Waals surface area contributed by atoms with Gasteiger partial charge in [-0.05, 0) is 118 Å². The third-order valence-corrected chi connectivity index (χ3v) is 12.5. The molecule has 4 saturated carbocycles. The van der Waals surface area contributed by atoms with Crippen molar-refractivity contribution >= 4 is 6.16 Å². The molecule has 0 spiro atoms. The van der Waals surface area contributed by atoms with Crippen molar-refractivity contribution in [1.29, 1.82) is 0 Å². The molecule has 4 fully saturated rings. The zero-order valence-corrected chi connectivity index (χ0v) is 25.0. The lowest BCUT2D eigenvalue weighted by molar-refractivity contribution is -0.241. The maximum Gasteiger partial charge on any atom is 0.508 e. The summed E-state index contributed by atoms with van der Waals surface area (Å²) in [6, 6.07) is 0. The smallest absolute Gasteiger partial charge is 0.438 e. The molecule has 4 rings (SSSR count). The quantitative estimate of drug-likeness (QED) is 0.295. The highest BCUT2D eigenvalue weighted by Gasteiger charge is 2.70. The van der Waals surface area contributed by atoms with E-state index in [-0.39, 0.29) is 33.9 Å². The molecule has 9 atom stereocenters. The zero-order valence-electron chi connectivity index (χ0n) is 25.0. The van der Waals surface area contributed by atoms with Crippen LogP contribution in [0.25, 0.3) is 0 Å². The summed E-state index contributed by atoms with van der Waals surface area (Å²) < 4.78 is 10.6. The number of fused-ring (bicyclic) bond motifs is 5. The van der Waals surface area contributed by atoms with E-state index in [0.717, 1.165) is 44.9 Å². The molecule has 0 aromatic carbocycles. The van der Waals surface area contributed by atoms with Crippen LogP contribution in [0.4, 0.5) is 4.79 Å². The number of allylic oxidation sites excluding steroid dienone is 2. The Bertz CT molecular complexity index is 901. The van der Waals surface area contributed by atoms with Crippen LogP contribution in [0.3, 0.4) is 0 Å². The molecule has 2 N–H and O–H groups in total. The van der Waals surface area contributed by atoms with Crippen molar-refractivity contribution in [3.05, 3.63) is 11.6 Å². The number of methoxy groups -OCH3 is 1. The van der Waals surface area contributed by atoms with Gasteiger partial charge in [-0.3, -0.25) is 0 Å². The highest BCUT2D eigenvalue weighted by Crippen LogP contribution is 2.75. The van der Waals surface area contributed by atoms with Gasteiger partial charge in [-0.2, -0.15) is 0 Å². The highest BCUT2D eigenvalue weighted by atomic mass is 16.7. The van der Waals surface area contributed by atoms with E-state index in [9.17, 15) is 15.0 Å². The molecule has 0 saturated heterocycles. The van der Waals surface area contributed by atoms with Crippen molar-refractivity contribution in [2.24, 2.45) is 45.3 Å². The molecule has 0 heterocycles. The molecule has 37 heavy (non-hydrogen) atoms. The lowest BCUT2D eigenvalue weighted by atomic mass is 9.35. The molecule has 0 bridgehead atoms. The third-order valence-electron chi connectivity index (χ3n) is 12.5. The molecule has 0 amide bonds. The SMILES string of the molecule is COC(=O)O[C@H]1CC[C@]2(C)[C@H]3C[C@@H](O)[C@@H]4[C@@H](/C(C)=C/CCC(C)(C)O)CC[C@@]4(C)[C@]3(C)CC[C@H]2C1(C)C. The van der Waals surface area contributed by atoms with Gasteiger partial charge in [-0.1, -0.05) is 46.3 Å². The molecule has 0 radical (unpaired) electrons. The first-order valence-electron chi connectivity index (χ1n) is 14.8. The molecule has 5 heteroatoms. The molecule has 0 aromatic heterocycles. The predicted octanol–water partition coefficient (Wildman–Crippen LogP) is 7.29. The van der Waals surface area contributed by atoms with Crippen molar-refractivity contribution in [1.82, 2.24) is 0 Å². The van der Waals surface area contributed by atoms with Crippen molar-refractivity contribution < 1.29 is 24.5 Å². The molecular weight excluding hydrogens is 464 g/mol. The van der Waals surface area contributed by atoms with E-state index in [1.807, 2.05) is 13.8 Å². The Morgan fingerprint density at radius 2 is 1.65 bits per heavy atom. The fourth-order valence-electron chi connectivity index (χ4n) is 10.4. The lowest BCUT2D eigenvalue weighted by Gasteiger charge is -2.70. The number of carbonyl (C=O) groups excluding carboxylic acids is 1. The van der Waals surface area contributed by atoms with Gasteiger partial charge < -0.3 is 19.7 Å². The highest BCUT2D eigenvalue weighted by molar-refractivity contribution is 5.60. The molecule has 0 aromatic rings. The van der Waals surface area contributed by atoms with Crippen LogP contribution in [0.5, 0.6) is 0 Å². The second-order valence-electron chi connectivity index (χ2n) is 15.2. The van der Waals surface area contributed by atoms with Gasteiger partial charge in [0.15, 0.2) is 0 Å². The summed E-state index contributed by atoms with van der Waals surface area (Å²) in [6.07, 6.45) is 10.3. The molecule has 0 aliphatic heterocycles. The van der Waals surface area contributed by atoms with Crippen LogP contribution in [0.1, 0.15) is 113 Å². The van der Waals surface area contributed by atoms with Crippen LogP contribution in [0, 0.1) is 45.3 Å². The first-order chi connectivity index (χ1) is 17.0. The maximum absolute atomic E-state index is 12.0. The summed E-state index contributed by atoms with van der Waals surface area (Å²) in [4.78, 5) is 12.0. The van der Waals surface area contributed by atoms with Gasteiger partial charge in [0.2, 0.25) is 0 Å². The number of rotatable bonds is 5. The van der Waals surface area contributed by atoms with Crippen LogP contribution < -0.4 is 0 Å². The third kappa shape index (κ3) is 4.58. The first kappa shape index (κ1) is 28.9. The summed E-state index contributed by atoms with van der Waals surface area (Å²) >= 11 is 0. The number of aliphatic hydroxyl groups excluding tert-OH is 1. The van der Waals surface area contributed by atoms with Crippen molar-refractivity contribution in [3.63, 3.8) is 0 Å². The van der Waals surface area contributed by atoms with Crippen LogP contribution in [0.15, 0.2) is 11.6 Å². The van der Waals surface area contributed by atoms with Crippen LogP contribution in [0.2, 0.25) is 0 Å². The molecule has 0 unspecified atom stereocenters. The Hall–Kier alpha value is -1.07. The minimum Gasteiger partial charge on any atom is -0.438 e. The Kier molecular flexibility index (Phi) is 7.46. The second-order valence-corrected chi connectivity index (χ2v) is 15.2. The first-order valence-corrected chi connectivity index (χ1v) is 14.8. The van der Waals surface area contributed by atoms with Crippen molar-refractivity contribution in [3.8, 4) is 0 Å². The summed E-state index contributed by atoms with van der Waals surface area (Å²) in [7, 11) is 1.38. The lowest BCUT2D eigenvalue weighted by Crippen LogP contribution is -2.66. The maximum atomic E-state index is 12.0. The molecule has 4 aliphatic rings. The van der Waals surface area contributed by atoms with Gasteiger partial charge in [-0.15, -0.1) is 0 Å². The van der Waals surface area contributed by atoms with E-state index in [0.29, 0.717) is 23.7 Å². The summed E-state index contributed by atoms with van der Waals surface area (Å²) in [5.74, 6) is 1.60. The van der Waals surface area contributed by atoms with Gasteiger partial charge in [0.25, 0.3) is 0 Å². The normalized spacial score (nSPS) is 45.4. The van der Waals surface area contributed by atoms with Crippen molar-refractivity contribution in [2.75, 3.05) is 7.11 Å². The summed E-state index contributed by atoms with van der Waals surface area (Å²) in [5.41, 5.74) is 1.01.